The summed E-state index contributed by atoms with van der Waals surface area (Å²) in [6.45, 7) is 12.9. The van der Waals surface area contributed by atoms with Crippen LogP contribution >= 0.6 is 11.8 Å². The van der Waals surface area contributed by atoms with Crippen LogP contribution in [0.1, 0.15) is 48.0 Å². The maximum absolute atomic E-state index is 4.52. The molecule has 0 N–H and O–H groups in total. The first kappa shape index (κ1) is 15.2. The van der Waals surface area contributed by atoms with E-state index in [1.165, 1.54) is 16.2 Å². The predicted octanol–water partition coefficient (Wildman–Crippen LogP) is 4.84. The van der Waals surface area contributed by atoms with Gasteiger partial charge in [0.2, 0.25) is 0 Å². The summed E-state index contributed by atoms with van der Waals surface area (Å²) in [5.41, 5.74) is 4.03. The van der Waals surface area contributed by atoms with Crippen molar-refractivity contribution >= 4 is 23.2 Å². The molecule has 3 heteroatoms. The molecule has 0 amide bonds. The molecule has 1 heterocycles. The second kappa shape index (κ2) is 6.37. The number of hydrogen-bond donors (Lipinski definition) is 0. The standard InChI is InChI=1S/C15H24N2S/c1-11(2)16-8-12(3)18-10-14-7-13(9-17-14)15(4,5)6/h8-9H,7,10H2,1-6H3/b12-8+. The number of allylic oxidation sites excluding steroid dienone is 2. The molecule has 0 fully saturated rings. The van der Waals surface area contributed by atoms with Crippen molar-refractivity contribution in [2.75, 3.05) is 5.75 Å². The molecule has 0 aromatic rings. The lowest BCUT2D eigenvalue weighted by Crippen LogP contribution is -2.11. The van der Waals surface area contributed by atoms with Crippen molar-refractivity contribution < 1.29 is 0 Å². The number of thioether (sulfide) groups is 1. The van der Waals surface area contributed by atoms with Crippen LogP contribution in [0.25, 0.3) is 0 Å². The third kappa shape index (κ3) is 5.21. The highest BCUT2D eigenvalue weighted by molar-refractivity contribution is 8.03. The van der Waals surface area contributed by atoms with Crippen LogP contribution in [0, 0.1) is 5.41 Å². The Morgan fingerprint density at radius 1 is 1.39 bits per heavy atom. The third-order valence-electron chi connectivity index (χ3n) is 2.73. The minimum absolute atomic E-state index is 0.240. The van der Waals surface area contributed by atoms with Crippen molar-refractivity contribution in [3.63, 3.8) is 0 Å². The highest BCUT2D eigenvalue weighted by Crippen LogP contribution is 2.32. The third-order valence-corrected chi connectivity index (χ3v) is 3.77. The summed E-state index contributed by atoms with van der Waals surface area (Å²) in [6, 6.07) is 0. The zero-order chi connectivity index (χ0) is 13.8. The van der Waals surface area contributed by atoms with E-state index >= 15 is 0 Å². The lowest BCUT2D eigenvalue weighted by molar-refractivity contribution is 0.498. The molecule has 1 aliphatic rings. The Morgan fingerprint density at radius 2 is 2.06 bits per heavy atom. The van der Waals surface area contributed by atoms with E-state index < -0.39 is 0 Å². The minimum Gasteiger partial charge on any atom is -0.265 e. The molecular formula is C15H24N2S. The second-order valence-electron chi connectivity index (χ2n) is 5.88. The van der Waals surface area contributed by atoms with Crippen LogP contribution in [-0.4, -0.2) is 17.2 Å². The fourth-order valence-electron chi connectivity index (χ4n) is 1.48. The van der Waals surface area contributed by atoms with Crippen LogP contribution in [0.5, 0.6) is 0 Å². The van der Waals surface area contributed by atoms with Crippen molar-refractivity contribution in [1.82, 2.24) is 0 Å². The van der Waals surface area contributed by atoms with Gasteiger partial charge >= 0.3 is 0 Å². The first-order chi connectivity index (χ1) is 8.29. The number of aliphatic imine (C=N–C) groups is 2. The van der Waals surface area contributed by atoms with Gasteiger partial charge in [-0.2, -0.15) is 0 Å². The summed E-state index contributed by atoms with van der Waals surface area (Å²) in [7, 11) is 0. The highest BCUT2D eigenvalue weighted by atomic mass is 32.2. The second-order valence-corrected chi connectivity index (χ2v) is 7.10. The Balaban J connectivity index is 2.41. The molecule has 0 atom stereocenters. The summed E-state index contributed by atoms with van der Waals surface area (Å²) < 4.78 is 0. The summed E-state index contributed by atoms with van der Waals surface area (Å²) in [5.74, 6) is 0.969. The maximum atomic E-state index is 4.52. The highest BCUT2D eigenvalue weighted by Gasteiger charge is 2.21. The molecule has 0 unspecified atom stereocenters. The Morgan fingerprint density at radius 3 is 2.56 bits per heavy atom. The van der Waals surface area contributed by atoms with Crippen LogP contribution in [0.3, 0.4) is 0 Å². The van der Waals surface area contributed by atoms with E-state index in [9.17, 15) is 0 Å². The average Bonchev–Trinajstić information content (AvgIpc) is 2.71. The molecule has 0 aliphatic carbocycles. The number of hydrogen-bond acceptors (Lipinski definition) is 3. The molecule has 2 nitrogen and oxygen atoms in total. The molecule has 0 aromatic carbocycles. The van der Waals surface area contributed by atoms with Crippen molar-refractivity contribution in [1.29, 1.82) is 0 Å². The van der Waals surface area contributed by atoms with E-state index in [4.69, 9.17) is 0 Å². The lowest BCUT2D eigenvalue weighted by Gasteiger charge is -2.19. The minimum atomic E-state index is 0.240. The molecule has 100 valence electrons. The Bertz CT molecular complexity index is 416. The topological polar surface area (TPSA) is 24.7 Å². The van der Waals surface area contributed by atoms with Gasteiger partial charge in [-0.1, -0.05) is 20.8 Å². The van der Waals surface area contributed by atoms with Gasteiger partial charge in [-0.25, -0.2) is 0 Å². The maximum Gasteiger partial charge on any atom is 0.0366 e. The Labute approximate surface area is 115 Å². The van der Waals surface area contributed by atoms with Gasteiger partial charge in [-0.05, 0) is 31.8 Å². The number of rotatable bonds is 4. The molecule has 0 spiro atoms. The van der Waals surface area contributed by atoms with Crippen LogP contribution in [0.15, 0.2) is 32.9 Å². The first-order valence-corrected chi connectivity index (χ1v) is 7.33. The van der Waals surface area contributed by atoms with Crippen molar-refractivity contribution in [3.05, 3.63) is 22.9 Å². The molecular weight excluding hydrogens is 240 g/mol. The summed E-state index contributed by atoms with van der Waals surface area (Å²) in [5, 5.41) is 0. The molecule has 0 aromatic heterocycles. The lowest BCUT2D eigenvalue weighted by atomic mass is 9.85. The van der Waals surface area contributed by atoms with Crippen molar-refractivity contribution in [2.45, 2.75) is 48.0 Å². The van der Waals surface area contributed by atoms with Gasteiger partial charge < -0.3 is 0 Å². The van der Waals surface area contributed by atoms with E-state index in [1.54, 1.807) is 0 Å². The van der Waals surface area contributed by atoms with Gasteiger partial charge in [0, 0.05) is 40.9 Å². The first-order valence-electron chi connectivity index (χ1n) is 6.34. The Kier molecular flexibility index (Phi) is 5.39. The zero-order valence-electron chi connectivity index (χ0n) is 12.4. The van der Waals surface area contributed by atoms with Gasteiger partial charge in [-0.15, -0.1) is 11.8 Å². The van der Waals surface area contributed by atoms with E-state index in [0.29, 0.717) is 0 Å². The zero-order valence-corrected chi connectivity index (χ0v) is 13.2. The molecule has 18 heavy (non-hydrogen) atoms. The van der Waals surface area contributed by atoms with E-state index in [0.717, 1.165) is 17.9 Å². The van der Waals surface area contributed by atoms with Gasteiger partial charge in [-0.3, -0.25) is 9.98 Å². The SMILES string of the molecule is CC(C)=N/C=C(\C)SCC1=NC=C(C(C)(C)C)C1. The van der Waals surface area contributed by atoms with Gasteiger partial charge in [0.15, 0.2) is 0 Å². The Hall–Kier alpha value is -0.830. The predicted molar refractivity (Wildman–Crippen MR) is 84.6 cm³/mol. The van der Waals surface area contributed by atoms with Crippen LogP contribution in [0.4, 0.5) is 0 Å². The van der Waals surface area contributed by atoms with Crippen molar-refractivity contribution in [3.8, 4) is 0 Å². The van der Waals surface area contributed by atoms with E-state index in [-0.39, 0.29) is 5.41 Å². The smallest absolute Gasteiger partial charge is 0.0366 e. The quantitative estimate of drug-likeness (QED) is 0.667. The summed E-state index contributed by atoms with van der Waals surface area (Å²) in [4.78, 5) is 10.1. The largest absolute Gasteiger partial charge is 0.265 e. The van der Waals surface area contributed by atoms with Crippen LogP contribution in [-0.2, 0) is 0 Å². The van der Waals surface area contributed by atoms with Crippen LogP contribution < -0.4 is 0 Å². The van der Waals surface area contributed by atoms with E-state index in [2.05, 4.69) is 37.7 Å². The fraction of sp³-hybridized carbons (Fsp3) is 0.600. The molecule has 1 aliphatic heterocycles. The van der Waals surface area contributed by atoms with Crippen molar-refractivity contribution in [2.24, 2.45) is 15.4 Å². The monoisotopic (exact) mass is 264 g/mol. The van der Waals surface area contributed by atoms with E-state index in [1.807, 2.05) is 38.0 Å². The normalized spacial score (nSPS) is 16.4. The number of nitrogens with zero attached hydrogens (tertiary/aromatic N) is 2. The average molecular weight is 264 g/mol. The summed E-state index contributed by atoms with van der Waals surface area (Å²) in [6.07, 6.45) is 5.01. The molecule has 0 bridgehead atoms. The van der Waals surface area contributed by atoms with Gasteiger partial charge in [0.1, 0.15) is 0 Å². The summed E-state index contributed by atoms with van der Waals surface area (Å²) >= 11 is 1.82. The molecule has 0 saturated heterocycles. The van der Waals surface area contributed by atoms with Gasteiger partial charge in [0.05, 0.1) is 0 Å². The molecule has 0 saturated carbocycles. The molecule has 0 radical (unpaired) electrons. The van der Waals surface area contributed by atoms with Crippen LogP contribution in [0.2, 0.25) is 0 Å². The van der Waals surface area contributed by atoms with Gasteiger partial charge in [0.25, 0.3) is 0 Å². The molecule has 1 rings (SSSR count). The fourth-order valence-corrected chi connectivity index (χ4v) is 2.18.